The summed E-state index contributed by atoms with van der Waals surface area (Å²) in [7, 11) is 0. The minimum Gasteiger partial charge on any atom is -0.361 e. The molecule has 0 bridgehead atoms. The molecule has 0 atom stereocenters. The average Bonchev–Trinajstić information content (AvgIpc) is 2.64. The Balaban J connectivity index is 2.02. The van der Waals surface area contributed by atoms with Gasteiger partial charge >= 0.3 is 0 Å². The van der Waals surface area contributed by atoms with Crippen molar-refractivity contribution in [1.29, 1.82) is 0 Å². The summed E-state index contributed by atoms with van der Waals surface area (Å²) in [6.45, 7) is 4.57. The van der Waals surface area contributed by atoms with Crippen LogP contribution in [0.2, 0.25) is 0 Å². The number of benzene rings is 1. The van der Waals surface area contributed by atoms with Gasteiger partial charge in [-0.1, -0.05) is 26.3 Å². The Hall–Kier alpha value is -1.24. The van der Waals surface area contributed by atoms with Gasteiger partial charge in [0.05, 0.1) is 0 Å². The number of H-pyrrole nitrogens is 1. The fourth-order valence-corrected chi connectivity index (χ4v) is 1.97. The summed E-state index contributed by atoms with van der Waals surface area (Å²) in [4.78, 5) is 3.22. The van der Waals surface area contributed by atoms with Crippen molar-refractivity contribution in [2.75, 3.05) is 0 Å². The van der Waals surface area contributed by atoms with Crippen molar-refractivity contribution in [3.63, 3.8) is 0 Å². The van der Waals surface area contributed by atoms with Gasteiger partial charge in [0.2, 0.25) is 0 Å². The van der Waals surface area contributed by atoms with Crippen LogP contribution in [0, 0.1) is 5.92 Å². The van der Waals surface area contributed by atoms with E-state index in [0.29, 0.717) is 0 Å². The summed E-state index contributed by atoms with van der Waals surface area (Å²) in [5, 5.41) is 1.33. The number of aromatic nitrogens is 1. The van der Waals surface area contributed by atoms with E-state index in [0.717, 1.165) is 5.92 Å². The lowest BCUT2D eigenvalue weighted by Crippen LogP contribution is -1.90. The number of aryl methyl sites for hydroxylation is 1. The number of nitrogens with one attached hydrogen (secondary N) is 1. The highest BCUT2D eigenvalue weighted by atomic mass is 14.7. The first-order valence-electron chi connectivity index (χ1n) is 5.82. The molecule has 80 valence electrons. The van der Waals surface area contributed by atoms with Crippen molar-refractivity contribution in [3.8, 4) is 0 Å². The second kappa shape index (κ2) is 4.52. The van der Waals surface area contributed by atoms with Gasteiger partial charge in [0.1, 0.15) is 0 Å². The van der Waals surface area contributed by atoms with Crippen LogP contribution in [-0.2, 0) is 6.42 Å². The van der Waals surface area contributed by atoms with Gasteiger partial charge in [0.15, 0.2) is 0 Å². The SMILES string of the molecule is CC(C)CCCc1ccc2[nH]ccc2c1. The van der Waals surface area contributed by atoms with Gasteiger partial charge in [0, 0.05) is 11.7 Å². The van der Waals surface area contributed by atoms with E-state index < -0.39 is 0 Å². The molecule has 0 fully saturated rings. The smallest absolute Gasteiger partial charge is 0.0454 e. The molecule has 0 aliphatic heterocycles. The zero-order valence-electron chi connectivity index (χ0n) is 9.59. The number of fused-ring (bicyclic) bond motifs is 1. The lowest BCUT2D eigenvalue weighted by atomic mass is 10.0. The van der Waals surface area contributed by atoms with Crippen LogP contribution in [-0.4, -0.2) is 4.98 Å². The van der Waals surface area contributed by atoms with Crippen LogP contribution in [0.15, 0.2) is 30.5 Å². The summed E-state index contributed by atoms with van der Waals surface area (Å²) in [6, 6.07) is 8.85. The Labute approximate surface area is 91.5 Å². The zero-order valence-corrected chi connectivity index (χ0v) is 9.59. The van der Waals surface area contributed by atoms with Crippen molar-refractivity contribution < 1.29 is 0 Å². The van der Waals surface area contributed by atoms with E-state index in [-0.39, 0.29) is 0 Å². The van der Waals surface area contributed by atoms with E-state index >= 15 is 0 Å². The molecule has 1 aromatic heterocycles. The van der Waals surface area contributed by atoms with Crippen molar-refractivity contribution in [2.24, 2.45) is 5.92 Å². The van der Waals surface area contributed by atoms with Gasteiger partial charge < -0.3 is 4.98 Å². The van der Waals surface area contributed by atoms with Gasteiger partial charge in [0.25, 0.3) is 0 Å². The summed E-state index contributed by atoms with van der Waals surface area (Å²) in [5.74, 6) is 0.820. The maximum absolute atomic E-state index is 3.22. The van der Waals surface area contributed by atoms with E-state index in [1.165, 1.54) is 35.7 Å². The third-order valence-electron chi connectivity index (χ3n) is 2.86. The predicted octanol–water partition coefficient (Wildman–Crippen LogP) is 4.15. The first-order valence-corrected chi connectivity index (χ1v) is 5.82. The number of rotatable bonds is 4. The Morgan fingerprint density at radius 1 is 1.20 bits per heavy atom. The molecule has 0 unspecified atom stereocenters. The highest BCUT2D eigenvalue weighted by Gasteiger charge is 1.98. The molecule has 15 heavy (non-hydrogen) atoms. The molecule has 0 saturated heterocycles. The first-order chi connectivity index (χ1) is 7.25. The Bertz CT molecular complexity index is 426. The van der Waals surface area contributed by atoms with E-state index in [1.54, 1.807) is 0 Å². The van der Waals surface area contributed by atoms with E-state index in [1.807, 2.05) is 6.20 Å². The molecule has 0 spiro atoms. The van der Waals surface area contributed by atoms with Crippen LogP contribution < -0.4 is 0 Å². The molecule has 2 rings (SSSR count). The van der Waals surface area contributed by atoms with Gasteiger partial charge in [-0.2, -0.15) is 0 Å². The standard InChI is InChI=1S/C14H19N/c1-11(2)4-3-5-12-6-7-14-13(10-12)8-9-15-14/h6-11,15H,3-5H2,1-2H3. The zero-order chi connectivity index (χ0) is 10.7. The Morgan fingerprint density at radius 2 is 2.07 bits per heavy atom. The van der Waals surface area contributed by atoms with Gasteiger partial charge in [-0.05, 0) is 47.9 Å². The van der Waals surface area contributed by atoms with Crippen molar-refractivity contribution >= 4 is 10.9 Å². The molecule has 0 saturated carbocycles. The molecule has 0 aliphatic carbocycles. The van der Waals surface area contributed by atoms with Crippen molar-refractivity contribution in [2.45, 2.75) is 33.1 Å². The molecule has 0 aliphatic rings. The number of aromatic amines is 1. The fraction of sp³-hybridized carbons (Fsp3) is 0.429. The molecular weight excluding hydrogens is 182 g/mol. The molecule has 0 amide bonds. The second-order valence-electron chi connectivity index (χ2n) is 4.69. The monoisotopic (exact) mass is 201 g/mol. The number of hydrogen-bond acceptors (Lipinski definition) is 0. The molecule has 1 heterocycles. The first kappa shape index (κ1) is 10.3. The normalized spacial score (nSPS) is 11.4. The quantitative estimate of drug-likeness (QED) is 0.765. The maximum Gasteiger partial charge on any atom is 0.0454 e. The van der Waals surface area contributed by atoms with Gasteiger partial charge in [-0.15, -0.1) is 0 Å². The van der Waals surface area contributed by atoms with Crippen LogP contribution >= 0.6 is 0 Å². The van der Waals surface area contributed by atoms with Crippen molar-refractivity contribution in [1.82, 2.24) is 4.98 Å². The van der Waals surface area contributed by atoms with Gasteiger partial charge in [-0.25, -0.2) is 0 Å². The molecular formula is C14H19N. The fourth-order valence-electron chi connectivity index (χ4n) is 1.97. The minimum atomic E-state index is 0.820. The minimum absolute atomic E-state index is 0.820. The van der Waals surface area contributed by atoms with Crippen LogP contribution in [0.5, 0.6) is 0 Å². The second-order valence-corrected chi connectivity index (χ2v) is 4.69. The Kier molecular flexibility index (Phi) is 3.10. The number of hydrogen-bond donors (Lipinski definition) is 1. The van der Waals surface area contributed by atoms with Gasteiger partial charge in [-0.3, -0.25) is 0 Å². The molecule has 1 heteroatoms. The third kappa shape index (κ3) is 2.62. The molecule has 1 aromatic carbocycles. The van der Waals surface area contributed by atoms with Crippen LogP contribution in [0.25, 0.3) is 10.9 Å². The summed E-state index contributed by atoms with van der Waals surface area (Å²) < 4.78 is 0. The molecule has 2 aromatic rings. The highest BCUT2D eigenvalue weighted by Crippen LogP contribution is 2.16. The highest BCUT2D eigenvalue weighted by molar-refractivity contribution is 5.79. The van der Waals surface area contributed by atoms with Crippen LogP contribution in [0.1, 0.15) is 32.3 Å². The predicted molar refractivity (Wildman–Crippen MR) is 66.1 cm³/mol. The molecule has 1 nitrogen and oxygen atoms in total. The summed E-state index contributed by atoms with van der Waals surface area (Å²) in [5.41, 5.74) is 2.70. The van der Waals surface area contributed by atoms with E-state index in [4.69, 9.17) is 0 Å². The Morgan fingerprint density at radius 3 is 2.87 bits per heavy atom. The van der Waals surface area contributed by atoms with Crippen LogP contribution in [0.3, 0.4) is 0 Å². The maximum atomic E-state index is 3.22. The van der Waals surface area contributed by atoms with E-state index in [2.05, 4.69) is 43.1 Å². The molecule has 1 N–H and O–H groups in total. The topological polar surface area (TPSA) is 15.8 Å². The average molecular weight is 201 g/mol. The summed E-state index contributed by atoms with van der Waals surface area (Å²) >= 11 is 0. The van der Waals surface area contributed by atoms with Crippen molar-refractivity contribution in [3.05, 3.63) is 36.0 Å². The van der Waals surface area contributed by atoms with Crippen LogP contribution in [0.4, 0.5) is 0 Å². The lowest BCUT2D eigenvalue weighted by molar-refractivity contribution is 0.556. The lowest BCUT2D eigenvalue weighted by Gasteiger charge is -2.04. The van der Waals surface area contributed by atoms with E-state index in [9.17, 15) is 0 Å². The third-order valence-corrected chi connectivity index (χ3v) is 2.86. The molecule has 0 radical (unpaired) electrons. The largest absolute Gasteiger partial charge is 0.361 e. The summed E-state index contributed by atoms with van der Waals surface area (Å²) in [6.07, 6.45) is 5.83.